The number of rotatable bonds is 2. The molecule has 1 N–H and O–H groups in total. The number of carbonyl (C=O) groups is 2. The van der Waals surface area contributed by atoms with Crippen molar-refractivity contribution in [1.29, 1.82) is 0 Å². The molecule has 0 radical (unpaired) electrons. The third kappa shape index (κ3) is 5.68. The number of fused-ring (bicyclic) bond motifs is 1. The number of nitrogens with zero attached hydrogens (tertiary/aromatic N) is 3. The average molecular weight is 441 g/mol. The quantitative estimate of drug-likeness (QED) is 0.776. The molecular formula is C24H32N4O4. The van der Waals surface area contributed by atoms with Gasteiger partial charge in [0.15, 0.2) is 0 Å². The first-order valence-electron chi connectivity index (χ1n) is 11.5. The molecule has 2 aliphatic heterocycles. The lowest BCUT2D eigenvalue weighted by atomic mass is 9.75. The Morgan fingerprint density at radius 1 is 1.09 bits per heavy atom. The molecule has 0 aliphatic carbocycles. The van der Waals surface area contributed by atoms with Gasteiger partial charge in [0.05, 0.1) is 18.8 Å². The monoisotopic (exact) mass is 440 g/mol. The van der Waals surface area contributed by atoms with E-state index < -0.39 is 0 Å². The summed E-state index contributed by atoms with van der Waals surface area (Å²) in [5.74, 6) is 0.565. The molecule has 32 heavy (non-hydrogen) atoms. The zero-order chi connectivity index (χ0) is 22.2. The first-order chi connectivity index (χ1) is 15.7. The minimum Gasteiger partial charge on any atom is -0.492 e. The maximum atomic E-state index is 12.7. The number of para-hydroxylation sites is 1. The number of carbonyl (C=O) groups excluding carboxylic acids is 2. The molecule has 1 fully saturated rings. The number of likely N-dealkylation sites (tertiary alicyclic amines) is 1. The zero-order valence-corrected chi connectivity index (χ0v) is 18.5. The molecule has 1 spiro atoms. The van der Waals surface area contributed by atoms with Crippen LogP contribution in [0.2, 0.25) is 0 Å². The molecule has 1 saturated heterocycles. The third-order valence-corrected chi connectivity index (χ3v) is 6.48. The number of hydrogen-bond acceptors (Lipinski definition) is 5. The molecule has 1 aromatic carbocycles. The second-order valence-corrected chi connectivity index (χ2v) is 8.69. The van der Waals surface area contributed by atoms with Crippen LogP contribution in [0.15, 0.2) is 42.7 Å². The van der Waals surface area contributed by atoms with Gasteiger partial charge in [0.1, 0.15) is 12.3 Å². The van der Waals surface area contributed by atoms with Gasteiger partial charge in [-0.15, -0.1) is 0 Å². The van der Waals surface area contributed by atoms with Crippen molar-refractivity contribution in [2.75, 3.05) is 39.5 Å². The van der Waals surface area contributed by atoms with Crippen LogP contribution in [0.5, 0.6) is 5.75 Å². The summed E-state index contributed by atoms with van der Waals surface area (Å²) in [6.45, 7) is 3.92. The van der Waals surface area contributed by atoms with Crippen LogP contribution in [0.25, 0.3) is 0 Å². The highest BCUT2D eigenvalue weighted by Crippen LogP contribution is 2.38. The Kier molecular flexibility index (Phi) is 7.42. The number of piperidine rings is 1. The molecule has 0 unspecified atom stereocenters. The molecule has 8 nitrogen and oxygen atoms in total. The summed E-state index contributed by atoms with van der Waals surface area (Å²) >= 11 is 0. The third-order valence-electron chi connectivity index (χ3n) is 6.48. The molecule has 1 aromatic heterocycles. The summed E-state index contributed by atoms with van der Waals surface area (Å²) in [6, 6.07) is 9.21. The van der Waals surface area contributed by atoms with E-state index >= 15 is 0 Å². The van der Waals surface area contributed by atoms with Gasteiger partial charge in [-0.3, -0.25) is 14.3 Å². The molecule has 0 bridgehead atoms. The normalized spacial score (nSPS) is 20.0. The smallest absolute Gasteiger partial charge is 0.255 e. The van der Waals surface area contributed by atoms with Crippen molar-refractivity contribution >= 4 is 11.8 Å². The molecule has 2 aliphatic rings. The lowest BCUT2D eigenvalue weighted by Crippen LogP contribution is -2.46. The minimum atomic E-state index is -0.144. The molecule has 2 aromatic rings. The average Bonchev–Trinajstić information content (AvgIpc) is 3.32. The van der Waals surface area contributed by atoms with E-state index in [2.05, 4.69) is 10.4 Å². The van der Waals surface area contributed by atoms with Crippen molar-refractivity contribution in [2.45, 2.75) is 38.6 Å². The standard InChI is InChI=1S/C24H32N4O4/c29-22(18-28-13-5-11-26-28)27-14-9-24(10-15-27)8-3-4-16-31-17-12-25-23(30)20-6-1-2-7-21(20)32-19-24/h1-2,5-7,11,13H,3-4,8-10,12,14-19H2,(H,25,30). The number of hydrogen-bond donors (Lipinski definition) is 1. The molecule has 3 heterocycles. The van der Waals surface area contributed by atoms with Crippen LogP contribution in [0.3, 0.4) is 0 Å². The highest BCUT2D eigenvalue weighted by molar-refractivity contribution is 5.96. The largest absolute Gasteiger partial charge is 0.492 e. The predicted octanol–water partition coefficient (Wildman–Crippen LogP) is 2.50. The van der Waals surface area contributed by atoms with Crippen LogP contribution in [-0.2, 0) is 16.1 Å². The molecule has 2 amide bonds. The predicted molar refractivity (Wildman–Crippen MR) is 119 cm³/mol. The van der Waals surface area contributed by atoms with Crippen molar-refractivity contribution in [3.8, 4) is 5.75 Å². The Balaban J connectivity index is 1.43. The zero-order valence-electron chi connectivity index (χ0n) is 18.5. The summed E-state index contributed by atoms with van der Waals surface area (Å²) in [4.78, 5) is 27.2. The summed E-state index contributed by atoms with van der Waals surface area (Å²) in [7, 11) is 0. The second kappa shape index (κ2) is 10.6. The first-order valence-corrected chi connectivity index (χ1v) is 11.5. The van der Waals surface area contributed by atoms with Gasteiger partial charge < -0.3 is 19.7 Å². The van der Waals surface area contributed by atoms with Crippen molar-refractivity contribution in [3.63, 3.8) is 0 Å². The van der Waals surface area contributed by atoms with E-state index in [-0.39, 0.29) is 23.8 Å². The highest BCUT2D eigenvalue weighted by Gasteiger charge is 2.36. The van der Waals surface area contributed by atoms with Crippen LogP contribution in [0.4, 0.5) is 0 Å². The maximum Gasteiger partial charge on any atom is 0.255 e. The van der Waals surface area contributed by atoms with Crippen molar-refractivity contribution in [1.82, 2.24) is 20.0 Å². The summed E-state index contributed by atoms with van der Waals surface area (Å²) in [5.41, 5.74) is 0.530. The lowest BCUT2D eigenvalue weighted by Gasteiger charge is -2.42. The molecule has 4 rings (SSSR count). The molecular weight excluding hydrogens is 408 g/mol. The van der Waals surface area contributed by atoms with Gasteiger partial charge >= 0.3 is 0 Å². The number of nitrogens with one attached hydrogen (secondary N) is 1. The molecule has 0 atom stereocenters. The van der Waals surface area contributed by atoms with Gasteiger partial charge in [0.2, 0.25) is 5.91 Å². The summed E-state index contributed by atoms with van der Waals surface area (Å²) in [6.07, 6.45) is 8.32. The van der Waals surface area contributed by atoms with Crippen molar-refractivity contribution < 1.29 is 19.1 Å². The fourth-order valence-corrected chi connectivity index (χ4v) is 4.48. The van der Waals surface area contributed by atoms with E-state index in [1.807, 2.05) is 35.4 Å². The Bertz CT molecular complexity index is 891. The van der Waals surface area contributed by atoms with E-state index in [0.717, 1.165) is 32.1 Å². The topological polar surface area (TPSA) is 85.7 Å². The molecule has 172 valence electrons. The van der Waals surface area contributed by atoms with Crippen LogP contribution in [0.1, 0.15) is 42.5 Å². The fourth-order valence-electron chi connectivity index (χ4n) is 4.48. The van der Waals surface area contributed by atoms with Gasteiger partial charge in [-0.2, -0.15) is 5.10 Å². The van der Waals surface area contributed by atoms with Gasteiger partial charge in [-0.05, 0) is 43.9 Å². The molecule has 0 saturated carbocycles. The Labute approximate surface area is 188 Å². The van der Waals surface area contributed by atoms with Crippen LogP contribution in [0, 0.1) is 5.41 Å². The van der Waals surface area contributed by atoms with Gasteiger partial charge in [0, 0.05) is 44.0 Å². The van der Waals surface area contributed by atoms with E-state index in [4.69, 9.17) is 9.47 Å². The second-order valence-electron chi connectivity index (χ2n) is 8.69. The maximum absolute atomic E-state index is 12.7. The van der Waals surface area contributed by atoms with Gasteiger partial charge in [0.25, 0.3) is 5.91 Å². The van der Waals surface area contributed by atoms with E-state index in [1.54, 1.807) is 16.9 Å². The van der Waals surface area contributed by atoms with Gasteiger partial charge in [-0.1, -0.05) is 18.6 Å². The Morgan fingerprint density at radius 3 is 2.75 bits per heavy atom. The first kappa shape index (κ1) is 22.3. The Morgan fingerprint density at radius 2 is 1.94 bits per heavy atom. The van der Waals surface area contributed by atoms with E-state index in [9.17, 15) is 9.59 Å². The molecule has 8 heteroatoms. The van der Waals surface area contributed by atoms with Crippen LogP contribution < -0.4 is 10.1 Å². The van der Waals surface area contributed by atoms with Crippen molar-refractivity contribution in [3.05, 3.63) is 48.3 Å². The number of ether oxygens (including phenoxy) is 2. The number of benzene rings is 1. The summed E-state index contributed by atoms with van der Waals surface area (Å²) in [5, 5.41) is 7.04. The Hall–Kier alpha value is -2.87. The highest BCUT2D eigenvalue weighted by atomic mass is 16.5. The lowest BCUT2D eigenvalue weighted by molar-refractivity contribution is -0.134. The van der Waals surface area contributed by atoms with E-state index in [0.29, 0.717) is 50.8 Å². The van der Waals surface area contributed by atoms with Crippen LogP contribution >= 0.6 is 0 Å². The van der Waals surface area contributed by atoms with Gasteiger partial charge in [-0.25, -0.2) is 0 Å². The number of aromatic nitrogens is 2. The summed E-state index contributed by atoms with van der Waals surface area (Å²) < 4.78 is 13.6. The SMILES string of the molecule is O=C1NCCOCCCCC2(CCN(C(=O)Cn3cccn3)CC2)COc2ccccc21. The van der Waals surface area contributed by atoms with Crippen molar-refractivity contribution in [2.24, 2.45) is 5.41 Å². The fraction of sp³-hybridized carbons (Fsp3) is 0.542. The van der Waals surface area contributed by atoms with E-state index in [1.165, 1.54) is 0 Å². The van der Waals surface area contributed by atoms with Crippen LogP contribution in [-0.4, -0.2) is 65.9 Å². The number of amides is 2. The minimum absolute atomic E-state index is 0.0177.